The zero-order valence-electron chi connectivity index (χ0n) is 10.6. The number of ether oxygens (including phenoxy) is 1. The molecule has 2 heterocycles. The van der Waals surface area contributed by atoms with Gasteiger partial charge in [-0.15, -0.1) is 0 Å². The Balaban J connectivity index is 2.06. The van der Waals surface area contributed by atoms with Crippen molar-refractivity contribution in [3.8, 4) is 17.6 Å². The van der Waals surface area contributed by atoms with E-state index in [1.807, 2.05) is 24.3 Å². The molecule has 1 aromatic carbocycles. The van der Waals surface area contributed by atoms with Crippen molar-refractivity contribution in [1.29, 1.82) is 0 Å². The maximum absolute atomic E-state index is 5.63. The number of aromatic nitrogens is 2. The molecule has 3 rings (SSSR count). The van der Waals surface area contributed by atoms with Crippen LogP contribution in [0.4, 0.5) is 0 Å². The third-order valence-corrected chi connectivity index (χ3v) is 3.29. The van der Waals surface area contributed by atoms with Crippen molar-refractivity contribution in [3.05, 3.63) is 52.6 Å². The fourth-order valence-corrected chi connectivity index (χ4v) is 2.13. The largest absolute Gasteiger partial charge is 0.493 e. The van der Waals surface area contributed by atoms with Crippen LogP contribution >= 0.6 is 15.9 Å². The van der Waals surface area contributed by atoms with Crippen molar-refractivity contribution < 1.29 is 9.15 Å². The van der Waals surface area contributed by atoms with Gasteiger partial charge in [-0.05, 0) is 46.1 Å². The molecular weight excluding hydrogens is 320 g/mol. The summed E-state index contributed by atoms with van der Waals surface area (Å²) in [6, 6.07) is 7.38. The number of fused-ring (bicyclic) bond motifs is 1. The van der Waals surface area contributed by atoms with Gasteiger partial charge < -0.3 is 9.15 Å². The summed E-state index contributed by atoms with van der Waals surface area (Å²) in [6.07, 6.45) is 3.39. The van der Waals surface area contributed by atoms with Gasteiger partial charge in [0.1, 0.15) is 5.52 Å². The second-order valence-electron chi connectivity index (χ2n) is 3.94. The monoisotopic (exact) mass is 328 g/mol. The highest BCUT2D eigenvalue weighted by Gasteiger charge is 2.12. The predicted molar refractivity (Wildman–Crippen MR) is 78.5 cm³/mol. The molecule has 0 bridgehead atoms. The van der Waals surface area contributed by atoms with E-state index in [4.69, 9.17) is 9.15 Å². The summed E-state index contributed by atoms with van der Waals surface area (Å²) in [5, 5.41) is 0. The van der Waals surface area contributed by atoms with Crippen LogP contribution in [0.5, 0.6) is 5.75 Å². The molecule has 0 saturated heterocycles. The minimum atomic E-state index is 0.342. The van der Waals surface area contributed by atoms with Gasteiger partial charge in [-0.1, -0.05) is 5.92 Å². The number of hydrogen-bond acceptors (Lipinski definition) is 4. The molecule has 0 N–H and O–H groups in total. The Hall–Kier alpha value is -2.32. The van der Waals surface area contributed by atoms with Crippen LogP contribution < -0.4 is 4.74 Å². The maximum Gasteiger partial charge on any atom is 0.274 e. The van der Waals surface area contributed by atoms with E-state index in [0.29, 0.717) is 22.7 Å². The first-order chi connectivity index (χ1) is 9.78. The minimum absolute atomic E-state index is 0.342. The molecule has 0 fully saturated rings. The average molecular weight is 329 g/mol. The molecule has 2 aromatic heterocycles. The Bertz CT molecular complexity index is 816. The summed E-state index contributed by atoms with van der Waals surface area (Å²) in [6.45, 7) is 0. The van der Waals surface area contributed by atoms with Crippen LogP contribution in [-0.4, -0.2) is 17.1 Å². The van der Waals surface area contributed by atoms with E-state index in [2.05, 4.69) is 37.7 Å². The lowest BCUT2D eigenvalue weighted by Crippen LogP contribution is -1.83. The fraction of sp³-hybridized carbons (Fsp3) is 0.0667. The van der Waals surface area contributed by atoms with Gasteiger partial charge in [-0.25, -0.2) is 4.98 Å². The lowest BCUT2D eigenvalue weighted by atomic mass is 10.3. The van der Waals surface area contributed by atoms with E-state index in [1.54, 1.807) is 19.5 Å². The summed E-state index contributed by atoms with van der Waals surface area (Å²) in [4.78, 5) is 8.35. The lowest BCUT2D eigenvalue weighted by Gasteiger charge is -1.99. The summed E-state index contributed by atoms with van der Waals surface area (Å²) in [7, 11) is 1.59. The normalized spacial score (nSPS) is 10.1. The van der Waals surface area contributed by atoms with Crippen LogP contribution in [0.1, 0.15) is 11.5 Å². The van der Waals surface area contributed by atoms with Gasteiger partial charge in [-0.3, -0.25) is 4.98 Å². The Labute approximate surface area is 123 Å². The fourth-order valence-electron chi connectivity index (χ4n) is 1.73. The van der Waals surface area contributed by atoms with Crippen LogP contribution in [0.3, 0.4) is 0 Å². The molecule has 0 unspecified atom stereocenters. The van der Waals surface area contributed by atoms with Crippen LogP contribution in [0, 0.1) is 11.8 Å². The number of rotatable bonds is 1. The highest BCUT2D eigenvalue weighted by Crippen LogP contribution is 2.31. The van der Waals surface area contributed by atoms with Gasteiger partial charge in [0.2, 0.25) is 0 Å². The predicted octanol–water partition coefficient (Wildman–Crippen LogP) is 3.39. The third-order valence-electron chi connectivity index (χ3n) is 2.65. The van der Waals surface area contributed by atoms with E-state index < -0.39 is 0 Å². The van der Waals surface area contributed by atoms with Gasteiger partial charge >= 0.3 is 0 Å². The van der Waals surface area contributed by atoms with Crippen molar-refractivity contribution in [2.75, 3.05) is 7.11 Å². The minimum Gasteiger partial charge on any atom is -0.493 e. The average Bonchev–Trinajstić information content (AvgIpc) is 2.92. The summed E-state index contributed by atoms with van der Waals surface area (Å²) in [5.74, 6) is 6.81. The number of benzene rings is 1. The maximum atomic E-state index is 5.63. The molecule has 0 amide bonds. The molecule has 0 spiro atoms. The molecular formula is C15H9BrN2O2. The number of hydrogen-bond donors (Lipinski definition) is 0. The molecule has 4 nitrogen and oxygen atoms in total. The van der Waals surface area contributed by atoms with Crippen molar-refractivity contribution >= 4 is 27.0 Å². The Morgan fingerprint density at radius 3 is 2.90 bits per heavy atom. The third kappa shape index (κ3) is 2.38. The number of pyridine rings is 1. The second kappa shape index (κ2) is 5.35. The smallest absolute Gasteiger partial charge is 0.274 e. The molecule has 3 aromatic rings. The van der Waals surface area contributed by atoms with Crippen LogP contribution in [0.15, 0.2) is 45.5 Å². The van der Waals surface area contributed by atoms with Crippen molar-refractivity contribution in [3.63, 3.8) is 0 Å². The summed E-state index contributed by atoms with van der Waals surface area (Å²) >= 11 is 3.43. The van der Waals surface area contributed by atoms with E-state index in [9.17, 15) is 0 Å². The first-order valence-corrected chi connectivity index (χ1v) is 6.62. The van der Waals surface area contributed by atoms with Gasteiger partial charge in [0, 0.05) is 22.4 Å². The quantitative estimate of drug-likeness (QED) is 0.642. The van der Waals surface area contributed by atoms with Crippen LogP contribution in [0.2, 0.25) is 0 Å². The SMILES string of the molecule is COc1ccc(Br)c2nc(C#Cc3cccnc3)oc12. The lowest BCUT2D eigenvalue weighted by molar-refractivity contribution is 0.409. The molecule has 0 aliphatic rings. The van der Waals surface area contributed by atoms with Gasteiger partial charge in [0.25, 0.3) is 5.89 Å². The molecule has 0 aliphatic heterocycles. The number of oxazole rings is 1. The molecule has 20 heavy (non-hydrogen) atoms. The first kappa shape index (κ1) is 12.7. The Kier molecular flexibility index (Phi) is 3.40. The Morgan fingerprint density at radius 2 is 2.15 bits per heavy atom. The van der Waals surface area contributed by atoms with Gasteiger partial charge in [0.15, 0.2) is 11.3 Å². The van der Waals surface area contributed by atoms with Crippen molar-refractivity contribution in [2.45, 2.75) is 0 Å². The molecule has 0 saturated carbocycles. The van der Waals surface area contributed by atoms with Crippen molar-refractivity contribution in [1.82, 2.24) is 9.97 Å². The molecule has 0 radical (unpaired) electrons. The molecule has 98 valence electrons. The van der Waals surface area contributed by atoms with Crippen molar-refractivity contribution in [2.24, 2.45) is 0 Å². The topological polar surface area (TPSA) is 48.2 Å². The van der Waals surface area contributed by atoms with E-state index in [0.717, 1.165) is 10.0 Å². The zero-order valence-corrected chi connectivity index (χ0v) is 12.1. The molecule has 0 aliphatic carbocycles. The number of nitrogens with zero attached hydrogens (tertiary/aromatic N) is 2. The molecule has 5 heteroatoms. The number of halogens is 1. The molecule has 0 atom stereocenters. The van der Waals surface area contributed by atoms with Crippen LogP contribution in [-0.2, 0) is 0 Å². The highest BCUT2D eigenvalue weighted by atomic mass is 79.9. The summed E-state index contributed by atoms with van der Waals surface area (Å²) < 4.78 is 11.7. The Morgan fingerprint density at radius 1 is 1.25 bits per heavy atom. The van der Waals surface area contributed by atoms with Crippen LogP contribution in [0.25, 0.3) is 11.1 Å². The van der Waals surface area contributed by atoms with Gasteiger partial charge in [-0.2, -0.15) is 0 Å². The van der Waals surface area contributed by atoms with Gasteiger partial charge in [0.05, 0.1) is 7.11 Å². The second-order valence-corrected chi connectivity index (χ2v) is 4.79. The first-order valence-electron chi connectivity index (χ1n) is 5.83. The highest BCUT2D eigenvalue weighted by molar-refractivity contribution is 9.10. The standard InChI is InChI=1S/C15H9BrN2O2/c1-19-12-6-5-11(16)14-15(12)20-13(18-14)7-4-10-3-2-8-17-9-10/h2-3,5-6,8-9H,1H3. The summed E-state index contributed by atoms with van der Waals surface area (Å²) in [5.41, 5.74) is 2.08. The number of methoxy groups -OCH3 is 1. The van der Waals surface area contributed by atoms with E-state index in [-0.39, 0.29) is 0 Å². The zero-order chi connectivity index (χ0) is 13.9. The van der Waals surface area contributed by atoms with E-state index >= 15 is 0 Å². The van der Waals surface area contributed by atoms with E-state index in [1.165, 1.54) is 0 Å².